The number of aliphatic hydroxyl groups excluding tert-OH is 1. The van der Waals surface area contributed by atoms with Crippen LogP contribution in [0, 0.1) is 0 Å². The predicted octanol–water partition coefficient (Wildman–Crippen LogP) is 0.297. The second-order valence-electron chi connectivity index (χ2n) is 3.72. The van der Waals surface area contributed by atoms with E-state index in [9.17, 15) is 0 Å². The number of hydrogen-bond acceptors (Lipinski definition) is 3. The lowest BCUT2D eigenvalue weighted by Gasteiger charge is -2.19. The molecule has 2 N–H and O–H groups in total. The molecule has 0 saturated carbocycles. The summed E-state index contributed by atoms with van der Waals surface area (Å²) in [6.07, 6.45) is -0.228. The van der Waals surface area contributed by atoms with Gasteiger partial charge in [-0.3, -0.25) is 0 Å². The summed E-state index contributed by atoms with van der Waals surface area (Å²) in [4.78, 5) is 2.13. The first kappa shape index (κ1) is 11.9. The van der Waals surface area contributed by atoms with Crippen LogP contribution in [0.3, 0.4) is 0 Å². The van der Waals surface area contributed by atoms with Gasteiger partial charge < -0.3 is 15.3 Å². The Hall–Kier alpha value is -0.120. The van der Waals surface area contributed by atoms with Crippen molar-refractivity contribution in [2.75, 3.05) is 26.7 Å². The first-order valence-electron chi connectivity index (χ1n) is 4.62. The number of hydrogen-bond donors (Lipinski definition) is 2. The smallest absolute Gasteiger partial charge is 0.0638 e. The van der Waals surface area contributed by atoms with Gasteiger partial charge in [0.1, 0.15) is 0 Å². The summed E-state index contributed by atoms with van der Waals surface area (Å²) in [6.45, 7) is 8.81. The molecule has 0 aliphatic rings. The van der Waals surface area contributed by atoms with Gasteiger partial charge in [0, 0.05) is 25.7 Å². The summed E-state index contributed by atoms with van der Waals surface area (Å²) in [5, 5.41) is 12.4. The summed E-state index contributed by atoms with van der Waals surface area (Å²) < 4.78 is 0. The maximum atomic E-state index is 9.07. The molecular formula is C9H22N2O. The number of rotatable bonds is 6. The third-order valence-corrected chi connectivity index (χ3v) is 1.62. The van der Waals surface area contributed by atoms with Crippen LogP contribution in [0.5, 0.6) is 0 Å². The zero-order valence-corrected chi connectivity index (χ0v) is 8.67. The van der Waals surface area contributed by atoms with Crippen LogP contribution in [0.1, 0.15) is 20.8 Å². The maximum absolute atomic E-state index is 9.07. The molecule has 0 aromatic rings. The number of aliphatic hydroxyl groups is 1. The standard InChI is InChI=1S/C9H22N2O/c1-8(2)10-5-6-11(4)7-9(3)12/h8-10,12H,5-7H2,1-4H3/t9-/m0/s1. The Balaban J connectivity index is 3.25. The van der Waals surface area contributed by atoms with Crippen LogP contribution in [-0.2, 0) is 0 Å². The molecule has 3 heteroatoms. The van der Waals surface area contributed by atoms with Gasteiger partial charge in [0.05, 0.1) is 6.10 Å². The molecule has 0 bridgehead atoms. The summed E-state index contributed by atoms with van der Waals surface area (Å²) >= 11 is 0. The van der Waals surface area contributed by atoms with Gasteiger partial charge in [-0.1, -0.05) is 13.8 Å². The SMILES string of the molecule is CC(C)NCCN(C)C[C@H](C)O. The molecule has 0 aliphatic heterocycles. The fraction of sp³-hybridized carbons (Fsp3) is 1.00. The van der Waals surface area contributed by atoms with Crippen LogP contribution in [0.25, 0.3) is 0 Å². The Morgan fingerprint density at radius 2 is 1.92 bits per heavy atom. The van der Waals surface area contributed by atoms with Crippen molar-refractivity contribution < 1.29 is 5.11 Å². The van der Waals surface area contributed by atoms with E-state index in [1.165, 1.54) is 0 Å². The average molecular weight is 174 g/mol. The van der Waals surface area contributed by atoms with Gasteiger partial charge in [-0.15, -0.1) is 0 Å². The first-order chi connectivity index (χ1) is 5.52. The van der Waals surface area contributed by atoms with Crippen molar-refractivity contribution in [3.05, 3.63) is 0 Å². The molecule has 0 aromatic carbocycles. The Labute approximate surface area is 75.8 Å². The van der Waals surface area contributed by atoms with Gasteiger partial charge in [-0.2, -0.15) is 0 Å². The molecule has 3 nitrogen and oxygen atoms in total. The van der Waals surface area contributed by atoms with Crippen molar-refractivity contribution in [3.8, 4) is 0 Å². The predicted molar refractivity (Wildman–Crippen MR) is 52.3 cm³/mol. The minimum atomic E-state index is -0.228. The Morgan fingerprint density at radius 1 is 1.33 bits per heavy atom. The second kappa shape index (κ2) is 6.40. The van der Waals surface area contributed by atoms with E-state index in [1.54, 1.807) is 0 Å². The molecule has 0 heterocycles. The fourth-order valence-corrected chi connectivity index (χ4v) is 1.09. The van der Waals surface area contributed by atoms with Crippen LogP contribution >= 0.6 is 0 Å². The molecule has 0 aromatic heterocycles. The van der Waals surface area contributed by atoms with Crippen molar-refractivity contribution in [2.45, 2.75) is 32.9 Å². The Kier molecular flexibility index (Phi) is 6.34. The lowest BCUT2D eigenvalue weighted by molar-refractivity contribution is 0.141. The van der Waals surface area contributed by atoms with Gasteiger partial charge in [0.2, 0.25) is 0 Å². The lowest BCUT2D eigenvalue weighted by Crippen LogP contribution is -2.35. The van der Waals surface area contributed by atoms with Gasteiger partial charge in [0.15, 0.2) is 0 Å². The minimum absolute atomic E-state index is 0.228. The van der Waals surface area contributed by atoms with E-state index in [1.807, 2.05) is 14.0 Å². The molecule has 0 radical (unpaired) electrons. The molecule has 0 unspecified atom stereocenters. The molecule has 0 spiro atoms. The fourth-order valence-electron chi connectivity index (χ4n) is 1.09. The molecule has 74 valence electrons. The highest BCUT2D eigenvalue weighted by atomic mass is 16.3. The third kappa shape index (κ3) is 7.98. The van der Waals surface area contributed by atoms with E-state index < -0.39 is 0 Å². The minimum Gasteiger partial charge on any atom is -0.392 e. The molecule has 0 rings (SSSR count). The van der Waals surface area contributed by atoms with E-state index >= 15 is 0 Å². The van der Waals surface area contributed by atoms with E-state index in [-0.39, 0.29) is 6.10 Å². The highest BCUT2D eigenvalue weighted by Crippen LogP contribution is 1.86. The van der Waals surface area contributed by atoms with Crippen molar-refractivity contribution in [2.24, 2.45) is 0 Å². The molecule has 1 atom stereocenters. The monoisotopic (exact) mass is 174 g/mol. The van der Waals surface area contributed by atoms with Gasteiger partial charge >= 0.3 is 0 Å². The quantitative estimate of drug-likeness (QED) is 0.608. The summed E-state index contributed by atoms with van der Waals surface area (Å²) in [5.41, 5.74) is 0. The lowest BCUT2D eigenvalue weighted by atomic mass is 10.3. The molecule has 0 aliphatic carbocycles. The number of nitrogens with one attached hydrogen (secondary N) is 1. The topological polar surface area (TPSA) is 35.5 Å². The van der Waals surface area contributed by atoms with E-state index in [0.29, 0.717) is 6.04 Å². The molecule has 0 fully saturated rings. The van der Waals surface area contributed by atoms with Crippen molar-refractivity contribution in [3.63, 3.8) is 0 Å². The van der Waals surface area contributed by atoms with Gasteiger partial charge in [0.25, 0.3) is 0 Å². The largest absolute Gasteiger partial charge is 0.392 e. The van der Waals surface area contributed by atoms with Crippen molar-refractivity contribution in [1.82, 2.24) is 10.2 Å². The van der Waals surface area contributed by atoms with Crippen molar-refractivity contribution in [1.29, 1.82) is 0 Å². The Bertz CT molecular complexity index is 105. The second-order valence-corrected chi connectivity index (χ2v) is 3.72. The van der Waals surface area contributed by atoms with Crippen molar-refractivity contribution >= 4 is 0 Å². The number of likely N-dealkylation sites (N-methyl/N-ethyl adjacent to an activating group) is 1. The zero-order chi connectivity index (χ0) is 9.56. The summed E-state index contributed by atoms with van der Waals surface area (Å²) in [7, 11) is 2.02. The molecule has 0 amide bonds. The summed E-state index contributed by atoms with van der Waals surface area (Å²) in [6, 6.07) is 0.546. The first-order valence-corrected chi connectivity index (χ1v) is 4.62. The highest BCUT2D eigenvalue weighted by molar-refractivity contribution is 4.59. The van der Waals surface area contributed by atoms with Crippen LogP contribution in [0.2, 0.25) is 0 Å². The van der Waals surface area contributed by atoms with E-state index in [0.717, 1.165) is 19.6 Å². The summed E-state index contributed by atoms with van der Waals surface area (Å²) in [5.74, 6) is 0. The molecule has 0 saturated heterocycles. The highest BCUT2D eigenvalue weighted by Gasteiger charge is 2.01. The van der Waals surface area contributed by atoms with Crippen LogP contribution < -0.4 is 5.32 Å². The molecular weight excluding hydrogens is 152 g/mol. The Morgan fingerprint density at radius 3 is 2.33 bits per heavy atom. The van der Waals surface area contributed by atoms with E-state index in [2.05, 4.69) is 24.1 Å². The number of nitrogens with zero attached hydrogens (tertiary/aromatic N) is 1. The van der Waals surface area contributed by atoms with Gasteiger partial charge in [-0.25, -0.2) is 0 Å². The normalized spacial score (nSPS) is 14.2. The average Bonchev–Trinajstić information content (AvgIpc) is 1.84. The van der Waals surface area contributed by atoms with Crippen LogP contribution in [-0.4, -0.2) is 48.8 Å². The van der Waals surface area contributed by atoms with Crippen LogP contribution in [0.4, 0.5) is 0 Å². The van der Waals surface area contributed by atoms with Gasteiger partial charge in [-0.05, 0) is 14.0 Å². The molecule has 12 heavy (non-hydrogen) atoms. The van der Waals surface area contributed by atoms with E-state index in [4.69, 9.17) is 5.11 Å². The third-order valence-electron chi connectivity index (χ3n) is 1.62. The van der Waals surface area contributed by atoms with Crippen LogP contribution in [0.15, 0.2) is 0 Å². The zero-order valence-electron chi connectivity index (χ0n) is 8.67. The maximum Gasteiger partial charge on any atom is 0.0638 e.